The molecule has 150 valence electrons. The van der Waals surface area contributed by atoms with Gasteiger partial charge in [0.15, 0.2) is 11.2 Å². The van der Waals surface area contributed by atoms with Crippen LogP contribution in [0, 0.1) is 6.92 Å². The fourth-order valence-electron chi connectivity index (χ4n) is 3.08. The third-order valence-electron chi connectivity index (χ3n) is 4.51. The molecule has 0 aliphatic carbocycles. The van der Waals surface area contributed by atoms with E-state index in [4.69, 9.17) is 4.74 Å². The van der Waals surface area contributed by atoms with E-state index in [1.165, 1.54) is 11.6 Å². The van der Waals surface area contributed by atoms with E-state index in [0.717, 1.165) is 10.1 Å². The van der Waals surface area contributed by atoms with Crippen molar-refractivity contribution in [2.24, 2.45) is 14.1 Å². The van der Waals surface area contributed by atoms with E-state index in [1.54, 1.807) is 11.6 Å². The minimum atomic E-state index is -0.878. The first-order chi connectivity index (χ1) is 13.3. The lowest BCUT2D eigenvalue weighted by atomic mass is 10.2. The van der Waals surface area contributed by atoms with Crippen molar-refractivity contribution in [3.8, 4) is 5.75 Å². The zero-order valence-electron chi connectivity index (χ0n) is 16.5. The Morgan fingerprint density at radius 1 is 1.25 bits per heavy atom. The normalized spacial score (nSPS) is 12.3. The average molecular weight is 387 g/mol. The quantitative estimate of drug-likeness (QED) is 0.616. The van der Waals surface area contributed by atoms with Gasteiger partial charge < -0.3 is 19.7 Å². The molecule has 0 amide bonds. The van der Waals surface area contributed by atoms with Gasteiger partial charge in [-0.15, -0.1) is 0 Å². The smallest absolute Gasteiger partial charge is 0.332 e. The maximum Gasteiger partial charge on any atom is 0.332 e. The Morgan fingerprint density at radius 3 is 2.68 bits per heavy atom. The number of hydrogen-bond donors (Lipinski definition) is 2. The molecule has 0 spiro atoms. The number of nitrogens with one attached hydrogen (secondary N) is 1. The summed E-state index contributed by atoms with van der Waals surface area (Å²) in [7, 11) is 2.99. The number of nitrogens with zero attached hydrogens (tertiary/aromatic N) is 4. The Morgan fingerprint density at radius 2 is 2.00 bits per heavy atom. The topological polar surface area (TPSA) is 103 Å². The Balaban J connectivity index is 1.93. The van der Waals surface area contributed by atoms with E-state index in [9.17, 15) is 14.7 Å². The fourth-order valence-corrected chi connectivity index (χ4v) is 3.08. The van der Waals surface area contributed by atoms with Gasteiger partial charge in [-0.25, -0.2) is 4.79 Å². The molecular weight excluding hydrogens is 362 g/mol. The number of ether oxygens (including phenoxy) is 1. The van der Waals surface area contributed by atoms with Crippen molar-refractivity contribution in [1.29, 1.82) is 0 Å². The van der Waals surface area contributed by atoms with Crippen molar-refractivity contribution in [3.63, 3.8) is 0 Å². The number of anilines is 1. The number of benzene rings is 1. The maximum absolute atomic E-state index is 12.7. The number of aryl methyl sites for hydroxylation is 2. The number of aromatic nitrogens is 4. The molecule has 0 radical (unpaired) electrons. The van der Waals surface area contributed by atoms with E-state index in [0.29, 0.717) is 18.2 Å². The second kappa shape index (κ2) is 7.89. The molecule has 1 aromatic carbocycles. The van der Waals surface area contributed by atoms with E-state index >= 15 is 0 Å². The lowest BCUT2D eigenvalue weighted by molar-refractivity contribution is 0.0938. The van der Waals surface area contributed by atoms with Crippen LogP contribution >= 0.6 is 0 Å². The zero-order valence-corrected chi connectivity index (χ0v) is 16.5. The molecule has 0 aliphatic rings. The van der Waals surface area contributed by atoms with Crippen LogP contribution in [0.2, 0.25) is 0 Å². The van der Waals surface area contributed by atoms with Crippen LogP contribution in [0.4, 0.5) is 5.95 Å². The van der Waals surface area contributed by atoms with Crippen molar-refractivity contribution in [2.45, 2.75) is 26.5 Å². The van der Waals surface area contributed by atoms with Gasteiger partial charge in [-0.3, -0.25) is 13.9 Å². The summed E-state index contributed by atoms with van der Waals surface area (Å²) >= 11 is 0. The minimum Gasteiger partial charge on any atom is -0.491 e. The van der Waals surface area contributed by atoms with E-state index in [-0.39, 0.29) is 24.3 Å². The Labute approximate surface area is 161 Å². The SMILES string of the molecule is CCNc1nc2c(c(=O)n(C)c(=O)n2C)n1CC(O)COc1cccc(C)c1. The number of fused-ring (bicyclic) bond motifs is 1. The first-order valence-electron chi connectivity index (χ1n) is 9.11. The number of imidazole rings is 1. The molecule has 0 bridgehead atoms. The lowest BCUT2D eigenvalue weighted by Gasteiger charge is -2.16. The van der Waals surface area contributed by atoms with Gasteiger partial charge >= 0.3 is 5.69 Å². The summed E-state index contributed by atoms with van der Waals surface area (Å²) in [5, 5.41) is 13.6. The number of rotatable bonds is 7. The third-order valence-corrected chi connectivity index (χ3v) is 4.51. The highest BCUT2D eigenvalue weighted by Gasteiger charge is 2.21. The summed E-state index contributed by atoms with van der Waals surface area (Å²) in [6, 6.07) is 7.55. The standard InChI is InChI=1S/C19H25N5O4/c1-5-20-18-21-16-15(17(26)23(4)19(27)22(16)3)24(18)10-13(25)11-28-14-8-6-7-12(2)9-14/h6-9,13,25H,5,10-11H2,1-4H3,(H,20,21). The molecule has 0 saturated heterocycles. The predicted octanol–water partition coefficient (Wildman–Crippen LogP) is 0.614. The molecular formula is C19H25N5O4. The third kappa shape index (κ3) is 3.65. The molecule has 1 unspecified atom stereocenters. The number of aliphatic hydroxyl groups excluding tert-OH is 1. The molecule has 28 heavy (non-hydrogen) atoms. The van der Waals surface area contributed by atoms with Gasteiger partial charge in [0.2, 0.25) is 5.95 Å². The van der Waals surface area contributed by atoms with Gasteiger partial charge in [-0.05, 0) is 31.5 Å². The molecule has 0 fully saturated rings. The molecule has 3 aromatic rings. The summed E-state index contributed by atoms with van der Waals surface area (Å²) in [5.74, 6) is 1.09. The summed E-state index contributed by atoms with van der Waals surface area (Å²) in [5.41, 5.74) is 0.688. The molecule has 0 saturated carbocycles. The van der Waals surface area contributed by atoms with Crippen LogP contribution in [-0.2, 0) is 20.6 Å². The van der Waals surface area contributed by atoms with E-state index in [2.05, 4.69) is 10.3 Å². The van der Waals surface area contributed by atoms with Crippen molar-refractivity contribution >= 4 is 17.1 Å². The van der Waals surface area contributed by atoms with Gasteiger partial charge in [-0.2, -0.15) is 4.98 Å². The van der Waals surface area contributed by atoms with Crippen molar-refractivity contribution in [2.75, 3.05) is 18.5 Å². The van der Waals surface area contributed by atoms with Gasteiger partial charge in [0.25, 0.3) is 5.56 Å². The first-order valence-corrected chi connectivity index (χ1v) is 9.11. The molecule has 1 atom stereocenters. The van der Waals surface area contributed by atoms with Gasteiger partial charge in [-0.1, -0.05) is 12.1 Å². The van der Waals surface area contributed by atoms with Crippen molar-refractivity contribution < 1.29 is 9.84 Å². The highest BCUT2D eigenvalue weighted by molar-refractivity contribution is 5.74. The Bertz CT molecular complexity index is 1110. The van der Waals surface area contributed by atoms with E-state index in [1.807, 2.05) is 38.1 Å². The monoisotopic (exact) mass is 387 g/mol. The summed E-state index contributed by atoms with van der Waals surface area (Å²) in [4.78, 5) is 29.3. The summed E-state index contributed by atoms with van der Waals surface area (Å²) in [6.07, 6.45) is -0.878. The molecule has 0 aliphatic heterocycles. The van der Waals surface area contributed by atoms with Crippen LogP contribution in [0.5, 0.6) is 5.75 Å². The van der Waals surface area contributed by atoms with Crippen LogP contribution < -0.4 is 21.3 Å². The molecule has 2 N–H and O–H groups in total. The molecule has 3 rings (SSSR count). The minimum absolute atomic E-state index is 0.0563. The fraction of sp³-hybridized carbons (Fsp3) is 0.421. The van der Waals surface area contributed by atoms with Gasteiger partial charge in [0, 0.05) is 20.6 Å². The molecule has 9 heteroatoms. The van der Waals surface area contributed by atoms with Crippen LogP contribution in [-0.4, -0.2) is 43.0 Å². The van der Waals surface area contributed by atoms with Gasteiger partial charge in [0.1, 0.15) is 18.5 Å². The summed E-state index contributed by atoms with van der Waals surface area (Å²) < 4.78 is 9.62. The first kappa shape index (κ1) is 19.7. The van der Waals surface area contributed by atoms with Crippen LogP contribution in [0.1, 0.15) is 12.5 Å². The highest BCUT2D eigenvalue weighted by Crippen LogP contribution is 2.17. The lowest BCUT2D eigenvalue weighted by Crippen LogP contribution is -2.38. The number of aliphatic hydroxyl groups is 1. The number of hydrogen-bond acceptors (Lipinski definition) is 6. The highest BCUT2D eigenvalue weighted by atomic mass is 16.5. The Hall–Kier alpha value is -3.07. The molecule has 2 aromatic heterocycles. The van der Waals surface area contributed by atoms with Crippen LogP contribution in [0.25, 0.3) is 11.2 Å². The van der Waals surface area contributed by atoms with Crippen molar-refractivity contribution in [3.05, 3.63) is 50.7 Å². The largest absolute Gasteiger partial charge is 0.491 e. The zero-order chi connectivity index (χ0) is 20.4. The average Bonchev–Trinajstić information content (AvgIpc) is 3.01. The second-order valence-corrected chi connectivity index (χ2v) is 6.74. The van der Waals surface area contributed by atoms with Crippen LogP contribution in [0.15, 0.2) is 33.9 Å². The van der Waals surface area contributed by atoms with E-state index < -0.39 is 17.4 Å². The van der Waals surface area contributed by atoms with Gasteiger partial charge in [0.05, 0.1) is 6.54 Å². The van der Waals surface area contributed by atoms with Crippen molar-refractivity contribution in [1.82, 2.24) is 18.7 Å². The Kier molecular flexibility index (Phi) is 5.55. The van der Waals surface area contributed by atoms with Crippen LogP contribution in [0.3, 0.4) is 0 Å². The summed E-state index contributed by atoms with van der Waals surface area (Å²) in [6.45, 7) is 4.59. The second-order valence-electron chi connectivity index (χ2n) is 6.74. The maximum atomic E-state index is 12.7. The molecule has 9 nitrogen and oxygen atoms in total. The molecule has 2 heterocycles. The predicted molar refractivity (Wildman–Crippen MR) is 107 cm³/mol.